The second kappa shape index (κ2) is 5.97. The molecule has 4 N–H and O–H groups in total. The first-order valence-corrected chi connectivity index (χ1v) is 5.97. The Kier molecular flexibility index (Phi) is 4.86. The number of hydrogen-bond donors (Lipinski definition) is 3. The SMILES string of the molecule is Cn1cncc1C[C@@H](CO)NC(=O)C(C)(C)CN. The van der Waals surface area contributed by atoms with Crippen LogP contribution < -0.4 is 11.1 Å². The monoisotopic (exact) mass is 254 g/mol. The molecule has 0 spiro atoms. The summed E-state index contributed by atoms with van der Waals surface area (Å²) in [5, 5.41) is 12.1. The molecule has 1 heterocycles. The lowest BCUT2D eigenvalue weighted by atomic mass is 9.92. The highest BCUT2D eigenvalue weighted by atomic mass is 16.3. The van der Waals surface area contributed by atoms with Gasteiger partial charge in [-0.3, -0.25) is 4.79 Å². The number of aromatic nitrogens is 2. The molecule has 0 saturated carbocycles. The molecule has 1 rings (SSSR count). The molecular formula is C12H22N4O2. The molecule has 102 valence electrons. The van der Waals surface area contributed by atoms with E-state index in [0.29, 0.717) is 6.42 Å². The Bertz CT molecular complexity index is 401. The summed E-state index contributed by atoms with van der Waals surface area (Å²) < 4.78 is 1.86. The number of amides is 1. The zero-order valence-corrected chi connectivity index (χ0v) is 11.2. The van der Waals surface area contributed by atoms with E-state index < -0.39 is 5.41 Å². The van der Waals surface area contributed by atoms with Crippen LogP contribution in [0, 0.1) is 5.41 Å². The van der Waals surface area contributed by atoms with Crippen LogP contribution in [0.15, 0.2) is 12.5 Å². The highest BCUT2D eigenvalue weighted by Gasteiger charge is 2.27. The average Bonchev–Trinajstić information content (AvgIpc) is 2.73. The van der Waals surface area contributed by atoms with Crippen LogP contribution in [0.5, 0.6) is 0 Å². The minimum absolute atomic E-state index is 0.114. The highest BCUT2D eigenvalue weighted by Crippen LogP contribution is 2.13. The number of aryl methyl sites for hydroxylation is 1. The molecule has 1 aromatic heterocycles. The van der Waals surface area contributed by atoms with Gasteiger partial charge in [0.15, 0.2) is 0 Å². The second-order valence-electron chi connectivity index (χ2n) is 5.14. The Morgan fingerprint density at radius 3 is 2.78 bits per heavy atom. The van der Waals surface area contributed by atoms with Gasteiger partial charge in [0.05, 0.1) is 24.4 Å². The standard InChI is InChI=1S/C12H22N4O2/c1-12(2,7-13)11(18)15-9(6-17)4-10-5-14-8-16(10)3/h5,8-9,17H,4,6-7,13H2,1-3H3,(H,15,18)/t9-/m0/s1. The molecule has 0 fully saturated rings. The zero-order chi connectivity index (χ0) is 13.8. The molecule has 0 aliphatic carbocycles. The topological polar surface area (TPSA) is 93.2 Å². The van der Waals surface area contributed by atoms with E-state index in [1.807, 2.05) is 11.6 Å². The fourth-order valence-corrected chi connectivity index (χ4v) is 1.47. The van der Waals surface area contributed by atoms with E-state index in [4.69, 9.17) is 5.73 Å². The van der Waals surface area contributed by atoms with Crippen molar-refractivity contribution in [1.82, 2.24) is 14.9 Å². The van der Waals surface area contributed by atoms with Gasteiger partial charge in [0.25, 0.3) is 0 Å². The Morgan fingerprint density at radius 1 is 1.67 bits per heavy atom. The minimum Gasteiger partial charge on any atom is -0.394 e. The minimum atomic E-state index is -0.625. The Morgan fingerprint density at radius 2 is 2.33 bits per heavy atom. The molecule has 0 unspecified atom stereocenters. The Hall–Kier alpha value is -1.40. The molecule has 6 nitrogen and oxygen atoms in total. The van der Waals surface area contributed by atoms with Gasteiger partial charge in [-0.15, -0.1) is 0 Å². The molecule has 0 aromatic carbocycles. The number of nitrogens with one attached hydrogen (secondary N) is 1. The number of nitrogens with zero attached hydrogens (tertiary/aromatic N) is 2. The molecule has 1 aromatic rings. The summed E-state index contributed by atoms with van der Waals surface area (Å²) in [6, 6.07) is -0.321. The van der Waals surface area contributed by atoms with Crippen LogP contribution in [-0.4, -0.2) is 39.8 Å². The molecule has 18 heavy (non-hydrogen) atoms. The third kappa shape index (κ3) is 3.54. The smallest absolute Gasteiger partial charge is 0.227 e. The summed E-state index contributed by atoms with van der Waals surface area (Å²) in [7, 11) is 1.88. The predicted molar refractivity (Wildman–Crippen MR) is 68.8 cm³/mol. The van der Waals surface area contributed by atoms with Gasteiger partial charge in [-0.25, -0.2) is 4.98 Å². The van der Waals surface area contributed by atoms with Gasteiger partial charge in [0, 0.05) is 31.9 Å². The van der Waals surface area contributed by atoms with Gasteiger partial charge in [-0.2, -0.15) is 0 Å². The summed E-state index contributed by atoms with van der Waals surface area (Å²) in [5.41, 5.74) is 5.88. The van der Waals surface area contributed by atoms with Crippen LogP contribution in [0.3, 0.4) is 0 Å². The van der Waals surface area contributed by atoms with E-state index >= 15 is 0 Å². The predicted octanol–water partition coefficient (Wildman–Crippen LogP) is -0.575. The summed E-state index contributed by atoms with van der Waals surface area (Å²) in [4.78, 5) is 16.0. The van der Waals surface area contributed by atoms with Gasteiger partial charge in [-0.05, 0) is 13.8 Å². The van der Waals surface area contributed by atoms with E-state index in [9.17, 15) is 9.90 Å². The van der Waals surface area contributed by atoms with E-state index in [0.717, 1.165) is 5.69 Å². The average molecular weight is 254 g/mol. The lowest BCUT2D eigenvalue weighted by Gasteiger charge is -2.25. The molecule has 1 atom stereocenters. The lowest BCUT2D eigenvalue weighted by molar-refractivity contribution is -0.129. The number of aliphatic hydroxyl groups is 1. The molecule has 0 radical (unpaired) electrons. The van der Waals surface area contributed by atoms with Crippen molar-refractivity contribution in [3.63, 3.8) is 0 Å². The number of hydrogen-bond acceptors (Lipinski definition) is 4. The molecule has 0 aliphatic heterocycles. The molecular weight excluding hydrogens is 232 g/mol. The Balaban J connectivity index is 2.63. The molecule has 6 heteroatoms. The quantitative estimate of drug-likeness (QED) is 0.633. The first kappa shape index (κ1) is 14.7. The van der Waals surface area contributed by atoms with Crippen LogP contribution in [0.2, 0.25) is 0 Å². The van der Waals surface area contributed by atoms with E-state index in [1.165, 1.54) is 0 Å². The van der Waals surface area contributed by atoms with E-state index in [1.54, 1.807) is 26.4 Å². The maximum Gasteiger partial charge on any atom is 0.227 e. The Labute approximate surface area is 107 Å². The summed E-state index contributed by atoms with van der Waals surface area (Å²) >= 11 is 0. The van der Waals surface area contributed by atoms with Crippen LogP contribution in [0.1, 0.15) is 19.5 Å². The number of rotatable bonds is 6. The molecule has 0 saturated heterocycles. The van der Waals surface area contributed by atoms with Gasteiger partial charge in [0.2, 0.25) is 5.91 Å². The summed E-state index contributed by atoms with van der Waals surface area (Å²) in [6.07, 6.45) is 3.96. The van der Waals surface area contributed by atoms with Gasteiger partial charge >= 0.3 is 0 Å². The molecule has 1 amide bonds. The first-order chi connectivity index (χ1) is 8.40. The van der Waals surface area contributed by atoms with Crippen molar-refractivity contribution in [2.45, 2.75) is 26.3 Å². The maximum atomic E-state index is 12.0. The maximum absolute atomic E-state index is 12.0. The third-order valence-electron chi connectivity index (χ3n) is 3.05. The van der Waals surface area contributed by atoms with Crippen molar-refractivity contribution in [1.29, 1.82) is 0 Å². The lowest BCUT2D eigenvalue weighted by Crippen LogP contribution is -2.48. The van der Waals surface area contributed by atoms with Gasteiger partial charge in [-0.1, -0.05) is 0 Å². The number of carbonyl (C=O) groups excluding carboxylic acids is 1. The third-order valence-corrected chi connectivity index (χ3v) is 3.05. The largest absolute Gasteiger partial charge is 0.394 e. The normalized spacial score (nSPS) is 13.4. The summed E-state index contributed by atoms with van der Waals surface area (Å²) in [6.45, 7) is 3.71. The fourth-order valence-electron chi connectivity index (χ4n) is 1.47. The number of carbonyl (C=O) groups is 1. The van der Waals surface area contributed by atoms with Crippen molar-refractivity contribution in [2.75, 3.05) is 13.2 Å². The zero-order valence-electron chi connectivity index (χ0n) is 11.2. The van der Waals surface area contributed by atoms with E-state index in [-0.39, 0.29) is 25.1 Å². The van der Waals surface area contributed by atoms with Crippen molar-refractivity contribution < 1.29 is 9.90 Å². The van der Waals surface area contributed by atoms with Crippen LogP contribution in [-0.2, 0) is 18.3 Å². The molecule has 0 bridgehead atoms. The molecule has 0 aliphatic rings. The number of imidazole rings is 1. The fraction of sp³-hybridized carbons (Fsp3) is 0.667. The van der Waals surface area contributed by atoms with E-state index in [2.05, 4.69) is 10.3 Å². The van der Waals surface area contributed by atoms with Crippen molar-refractivity contribution >= 4 is 5.91 Å². The van der Waals surface area contributed by atoms with Crippen molar-refractivity contribution in [3.05, 3.63) is 18.2 Å². The number of aliphatic hydroxyl groups excluding tert-OH is 1. The first-order valence-electron chi connectivity index (χ1n) is 5.97. The van der Waals surface area contributed by atoms with Crippen LogP contribution >= 0.6 is 0 Å². The van der Waals surface area contributed by atoms with Crippen LogP contribution in [0.25, 0.3) is 0 Å². The van der Waals surface area contributed by atoms with Crippen molar-refractivity contribution in [2.24, 2.45) is 18.2 Å². The van der Waals surface area contributed by atoms with Crippen LogP contribution in [0.4, 0.5) is 0 Å². The van der Waals surface area contributed by atoms with Gasteiger partial charge < -0.3 is 20.7 Å². The highest BCUT2D eigenvalue weighted by molar-refractivity contribution is 5.82. The van der Waals surface area contributed by atoms with Crippen molar-refractivity contribution in [3.8, 4) is 0 Å². The number of nitrogens with two attached hydrogens (primary N) is 1. The van der Waals surface area contributed by atoms with Gasteiger partial charge in [0.1, 0.15) is 0 Å². The second-order valence-corrected chi connectivity index (χ2v) is 5.14. The summed E-state index contributed by atoms with van der Waals surface area (Å²) in [5.74, 6) is -0.147.